The first-order chi connectivity index (χ1) is 28.3. The van der Waals surface area contributed by atoms with Crippen LogP contribution in [-0.4, -0.2) is 9.13 Å². The Balaban J connectivity index is 1.05. The van der Waals surface area contributed by atoms with Crippen molar-refractivity contribution in [3.63, 3.8) is 0 Å². The van der Waals surface area contributed by atoms with Gasteiger partial charge in [0.25, 0.3) is 0 Å². The maximum absolute atomic E-state index is 2.42. The summed E-state index contributed by atoms with van der Waals surface area (Å²) in [6.45, 7) is 0. The number of aromatic nitrogens is 2. The molecule has 12 aromatic rings. The van der Waals surface area contributed by atoms with Crippen LogP contribution in [0.15, 0.2) is 206 Å². The van der Waals surface area contributed by atoms with Crippen LogP contribution in [0.25, 0.3) is 109 Å². The van der Waals surface area contributed by atoms with Gasteiger partial charge >= 0.3 is 0 Å². The topological polar surface area (TPSA) is 9.86 Å². The van der Waals surface area contributed by atoms with Crippen LogP contribution < -0.4 is 0 Å². The summed E-state index contributed by atoms with van der Waals surface area (Å²) in [5.74, 6) is 0. The van der Waals surface area contributed by atoms with Gasteiger partial charge < -0.3 is 9.13 Å². The maximum Gasteiger partial charge on any atom is 0.0541 e. The third-order valence-corrected chi connectivity index (χ3v) is 12.9. The van der Waals surface area contributed by atoms with Crippen LogP contribution in [0.5, 0.6) is 0 Å². The molecule has 9 aromatic carbocycles. The molecular weight excluding hydrogens is 709 g/mol. The summed E-state index contributed by atoms with van der Waals surface area (Å²) >= 11 is 1.89. The van der Waals surface area contributed by atoms with Crippen LogP contribution in [-0.2, 0) is 0 Å². The standard InChI is InChI=1S/C54H34N2S/c1-3-13-35(14-4-1)36-15-11-18-41(31-36)56-49-23-9-7-19-43(49)46-32-37(25-28-50(46)56)38-26-29-51-47(33-38)48-34-39(27-30-52(48)55(51)40-16-5-2-6-17-40)42-21-12-22-45-44-20-8-10-24-53(44)57-54(42)45/h1-34H. The van der Waals surface area contributed by atoms with E-state index in [2.05, 4.69) is 215 Å². The van der Waals surface area contributed by atoms with Crippen molar-refractivity contribution in [2.75, 3.05) is 0 Å². The molecule has 0 aliphatic heterocycles. The maximum atomic E-state index is 2.42. The van der Waals surface area contributed by atoms with Crippen molar-refractivity contribution in [1.82, 2.24) is 9.13 Å². The third kappa shape index (κ3) is 5.03. The molecule has 0 N–H and O–H groups in total. The molecule has 0 aliphatic rings. The Hall–Kier alpha value is -7.20. The lowest BCUT2D eigenvalue weighted by atomic mass is 9.98. The fraction of sp³-hybridized carbons (Fsp3) is 0. The molecule has 0 unspecified atom stereocenters. The van der Waals surface area contributed by atoms with Gasteiger partial charge in [0.15, 0.2) is 0 Å². The largest absolute Gasteiger partial charge is 0.309 e. The number of hydrogen-bond donors (Lipinski definition) is 0. The highest BCUT2D eigenvalue weighted by atomic mass is 32.1. The zero-order valence-corrected chi connectivity index (χ0v) is 31.7. The van der Waals surface area contributed by atoms with E-state index in [1.165, 1.54) is 97.2 Å². The predicted octanol–water partition coefficient (Wildman–Crippen LogP) is 15.2. The zero-order valence-electron chi connectivity index (χ0n) is 30.9. The van der Waals surface area contributed by atoms with Crippen LogP contribution in [0.3, 0.4) is 0 Å². The quantitative estimate of drug-likeness (QED) is 0.166. The molecule has 3 heterocycles. The fourth-order valence-electron chi connectivity index (χ4n) is 9.09. The first-order valence-electron chi connectivity index (χ1n) is 19.5. The van der Waals surface area contributed by atoms with E-state index in [0.29, 0.717) is 0 Å². The second kappa shape index (κ2) is 12.7. The minimum Gasteiger partial charge on any atom is -0.309 e. The lowest BCUT2D eigenvalue weighted by Crippen LogP contribution is -1.94. The van der Waals surface area contributed by atoms with Crippen molar-refractivity contribution < 1.29 is 0 Å². The molecule has 0 spiro atoms. The number of nitrogens with zero attached hydrogens (tertiary/aromatic N) is 2. The summed E-state index contributed by atoms with van der Waals surface area (Å²) in [6, 6.07) is 75.6. The van der Waals surface area contributed by atoms with E-state index >= 15 is 0 Å². The summed E-state index contributed by atoms with van der Waals surface area (Å²) in [5.41, 5.74) is 14.5. The van der Waals surface area contributed by atoms with Crippen molar-refractivity contribution in [3.05, 3.63) is 206 Å². The van der Waals surface area contributed by atoms with Crippen molar-refractivity contribution in [2.24, 2.45) is 0 Å². The molecule has 0 saturated carbocycles. The Bertz CT molecular complexity index is 3510. The Morgan fingerprint density at radius 3 is 1.53 bits per heavy atom. The molecule has 0 atom stereocenters. The average molecular weight is 743 g/mol. The lowest BCUT2D eigenvalue weighted by molar-refractivity contribution is 1.18. The Kier molecular flexibility index (Phi) is 7.13. The van der Waals surface area contributed by atoms with E-state index in [4.69, 9.17) is 0 Å². The van der Waals surface area contributed by atoms with Gasteiger partial charge in [0.05, 0.1) is 22.1 Å². The van der Waals surface area contributed by atoms with E-state index in [1.54, 1.807) is 0 Å². The van der Waals surface area contributed by atoms with Gasteiger partial charge in [-0.2, -0.15) is 0 Å². The summed E-state index contributed by atoms with van der Waals surface area (Å²) in [4.78, 5) is 0. The summed E-state index contributed by atoms with van der Waals surface area (Å²) in [7, 11) is 0. The van der Waals surface area contributed by atoms with E-state index in [9.17, 15) is 0 Å². The third-order valence-electron chi connectivity index (χ3n) is 11.7. The number of thiophene rings is 1. The van der Waals surface area contributed by atoms with E-state index in [0.717, 1.165) is 11.4 Å². The molecule has 0 bridgehead atoms. The molecule has 3 heteroatoms. The highest BCUT2D eigenvalue weighted by Crippen LogP contribution is 2.43. The van der Waals surface area contributed by atoms with E-state index < -0.39 is 0 Å². The number of para-hydroxylation sites is 2. The van der Waals surface area contributed by atoms with Crippen LogP contribution in [0, 0.1) is 0 Å². The second-order valence-electron chi connectivity index (χ2n) is 14.9. The van der Waals surface area contributed by atoms with Crippen LogP contribution >= 0.6 is 11.3 Å². The first kappa shape index (κ1) is 32.1. The molecule has 12 rings (SSSR count). The number of hydrogen-bond acceptors (Lipinski definition) is 1. The fourth-order valence-corrected chi connectivity index (χ4v) is 10.3. The summed E-state index contributed by atoms with van der Waals surface area (Å²) < 4.78 is 7.49. The van der Waals surface area contributed by atoms with Gasteiger partial charge in [-0.15, -0.1) is 11.3 Å². The highest BCUT2D eigenvalue weighted by molar-refractivity contribution is 7.26. The van der Waals surface area contributed by atoms with Crippen LogP contribution in [0.4, 0.5) is 0 Å². The molecule has 57 heavy (non-hydrogen) atoms. The van der Waals surface area contributed by atoms with Crippen molar-refractivity contribution >= 4 is 75.1 Å². The van der Waals surface area contributed by atoms with Crippen molar-refractivity contribution in [2.45, 2.75) is 0 Å². The van der Waals surface area contributed by atoms with Gasteiger partial charge in [-0.05, 0) is 106 Å². The Morgan fingerprint density at radius 2 is 0.772 bits per heavy atom. The van der Waals surface area contributed by atoms with Crippen LogP contribution in [0.2, 0.25) is 0 Å². The van der Waals surface area contributed by atoms with Gasteiger partial charge in [-0.1, -0.05) is 133 Å². The molecular formula is C54H34N2S. The van der Waals surface area contributed by atoms with Gasteiger partial charge in [-0.3, -0.25) is 0 Å². The molecule has 0 amide bonds. The molecule has 0 fully saturated rings. The average Bonchev–Trinajstić information content (AvgIpc) is 3.94. The molecule has 0 aliphatic carbocycles. The summed E-state index contributed by atoms with van der Waals surface area (Å²) in [5, 5.41) is 7.65. The number of benzene rings is 9. The van der Waals surface area contributed by atoms with Gasteiger partial charge in [0.1, 0.15) is 0 Å². The Labute approximate surface area is 333 Å². The molecule has 0 saturated heterocycles. The monoisotopic (exact) mass is 742 g/mol. The van der Waals surface area contributed by atoms with Crippen molar-refractivity contribution in [3.8, 4) is 44.8 Å². The minimum atomic E-state index is 1.16. The minimum absolute atomic E-state index is 1.16. The SMILES string of the molecule is c1ccc(-c2cccc(-n3c4ccccc4c4cc(-c5ccc6c(c5)c5cc(-c7cccc8c7sc7ccccc78)ccc5n6-c5ccccc5)ccc43)c2)cc1. The van der Waals surface area contributed by atoms with Crippen molar-refractivity contribution in [1.29, 1.82) is 0 Å². The molecule has 3 aromatic heterocycles. The van der Waals surface area contributed by atoms with Gasteiger partial charge in [0.2, 0.25) is 0 Å². The lowest BCUT2D eigenvalue weighted by Gasteiger charge is -2.11. The van der Waals surface area contributed by atoms with Gasteiger partial charge in [0, 0.05) is 53.1 Å². The number of fused-ring (bicyclic) bond motifs is 9. The van der Waals surface area contributed by atoms with E-state index in [1.807, 2.05) is 11.3 Å². The second-order valence-corrected chi connectivity index (χ2v) is 16.0. The normalized spacial score (nSPS) is 11.9. The number of rotatable bonds is 5. The molecule has 266 valence electrons. The summed E-state index contributed by atoms with van der Waals surface area (Å²) in [6.07, 6.45) is 0. The smallest absolute Gasteiger partial charge is 0.0541 e. The highest BCUT2D eigenvalue weighted by Gasteiger charge is 2.18. The first-order valence-corrected chi connectivity index (χ1v) is 20.3. The van der Waals surface area contributed by atoms with Gasteiger partial charge in [-0.25, -0.2) is 0 Å². The zero-order chi connectivity index (χ0) is 37.5. The molecule has 2 nitrogen and oxygen atoms in total. The van der Waals surface area contributed by atoms with Crippen LogP contribution in [0.1, 0.15) is 0 Å². The van der Waals surface area contributed by atoms with E-state index in [-0.39, 0.29) is 0 Å². The molecule has 0 radical (unpaired) electrons. The predicted molar refractivity (Wildman–Crippen MR) is 244 cm³/mol. The Morgan fingerprint density at radius 1 is 0.281 bits per heavy atom.